The predicted octanol–water partition coefficient (Wildman–Crippen LogP) is 2.38. The van der Waals surface area contributed by atoms with Crippen molar-refractivity contribution in [2.75, 3.05) is 0 Å². The van der Waals surface area contributed by atoms with Gasteiger partial charge in [-0.3, -0.25) is 9.48 Å². The van der Waals surface area contributed by atoms with Gasteiger partial charge in [0.25, 0.3) is 5.91 Å². The summed E-state index contributed by atoms with van der Waals surface area (Å²) in [5.74, 6) is -0.0148. The van der Waals surface area contributed by atoms with Crippen molar-refractivity contribution in [3.05, 3.63) is 39.8 Å². The minimum atomic E-state index is -0.0148. The summed E-state index contributed by atoms with van der Waals surface area (Å²) < 4.78 is 1.93. The van der Waals surface area contributed by atoms with Crippen LogP contribution in [-0.4, -0.2) is 21.7 Å². The Morgan fingerprint density at radius 2 is 2.33 bits per heavy atom. The Labute approximate surface area is 111 Å². The third kappa shape index (κ3) is 2.98. The van der Waals surface area contributed by atoms with Crippen LogP contribution in [0.25, 0.3) is 0 Å². The zero-order chi connectivity index (χ0) is 13.1. The second kappa shape index (κ2) is 5.35. The molecule has 1 amide bonds. The molecule has 2 heterocycles. The zero-order valence-electron chi connectivity index (χ0n) is 10.8. The topological polar surface area (TPSA) is 46.9 Å². The van der Waals surface area contributed by atoms with Gasteiger partial charge in [-0.15, -0.1) is 11.3 Å². The van der Waals surface area contributed by atoms with Crippen LogP contribution in [0.1, 0.15) is 28.0 Å². The minimum absolute atomic E-state index is 0.0148. The molecule has 1 unspecified atom stereocenters. The number of amides is 1. The lowest BCUT2D eigenvalue weighted by Crippen LogP contribution is -2.35. The number of carbonyl (C=O) groups excluding carboxylic acids is 1. The van der Waals surface area contributed by atoms with E-state index in [1.807, 2.05) is 49.0 Å². The average molecular weight is 263 g/mol. The van der Waals surface area contributed by atoms with Crippen molar-refractivity contribution in [3.63, 3.8) is 0 Å². The first kappa shape index (κ1) is 12.8. The normalized spacial score (nSPS) is 12.4. The van der Waals surface area contributed by atoms with E-state index in [2.05, 4.69) is 10.4 Å². The number of hydrogen-bond acceptors (Lipinski definition) is 3. The summed E-state index contributed by atoms with van der Waals surface area (Å²) in [5.41, 5.74) is 2.12. The fourth-order valence-electron chi connectivity index (χ4n) is 1.87. The summed E-state index contributed by atoms with van der Waals surface area (Å²) in [6.45, 7) is 6.67. The van der Waals surface area contributed by atoms with E-state index in [1.54, 1.807) is 0 Å². The largest absolute Gasteiger partial charge is 0.347 e. The average Bonchev–Trinajstić information content (AvgIpc) is 2.89. The lowest BCUT2D eigenvalue weighted by molar-refractivity contribution is 0.0940. The van der Waals surface area contributed by atoms with E-state index in [9.17, 15) is 4.79 Å². The zero-order valence-corrected chi connectivity index (χ0v) is 11.6. The molecule has 0 aliphatic rings. The Kier molecular flexibility index (Phi) is 3.81. The van der Waals surface area contributed by atoms with Crippen molar-refractivity contribution in [1.82, 2.24) is 15.1 Å². The highest BCUT2D eigenvalue weighted by atomic mass is 32.1. The van der Waals surface area contributed by atoms with E-state index in [0.29, 0.717) is 6.54 Å². The number of aromatic nitrogens is 2. The molecular formula is C13H17N3OS. The second-order valence-corrected chi connectivity index (χ2v) is 5.41. The summed E-state index contributed by atoms with van der Waals surface area (Å²) >= 11 is 1.45. The number of rotatable bonds is 4. The van der Waals surface area contributed by atoms with Gasteiger partial charge < -0.3 is 5.32 Å². The first-order chi connectivity index (χ1) is 8.56. The van der Waals surface area contributed by atoms with Gasteiger partial charge >= 0.3 is 0 Å². The summed E-state index contributed by atoms with van der Waals surface area (Å²) in [6.07, 6.45) is 0. The maximum atomic E-state index is 11.9. The quantitative estimate of drug-likeness (QED) is 0.920. The molecular weight excluding hydrogens is 246 g/mol. The monoisotopic (exact) mass is 263 g/mol. The summed E-state index contributed by atoms with van der Waals surface area (Å²) in [6, 6.07) is 5.80. The molecule has 5 heteroatoms. The Balaban J connectivity index is 1.95. The van der Waals surface area contributed by atoms with E-state index >= 15 is 0 Å². The van der Waals surface area contributed by atoms with Gasteiger partial charge in [-0.1, -0.05) is 6.07 Å². The molecule has 4 nitrogen and oxygen atoms in total. The van der Waals surface area contributed by atoms with Gasteiger partial charge in [0.1, 0.15) is 0 Å². The molecule has 2 rings (SSSR count). The van der Waals surface area contributed by atoms with Crippen molar-refractivity contribution in [2.24, 2.45) is 0 Å². The molecule has 2 aromatic rings. The predicted molar refractivity (Wildman–Crippen MR) is 72.9 cm³/mol. The molecule has 18 heavy (non-hydrogen) atoms. The third-order valence-electron chi connectivity index (χ3n) is 2.67. The number of nitrogens with zero attached hydrogens (tertiary/aromatic N) is 2. The standard InChI is InChI=1S/C13H17N3OS/c1-9-7-11(3)16(15-9)8-10(2)14-13(17)12-5-4-6-18-12/h4-7,10H,8H2,1-3H3,(H,14,17). The van der Waals surface area contributed by atoms with Gasteiger partial charge in [0.15, 0.2) is 0 Å². The van der Waals surface area contributed by atoms with Gasteiger partial charge in [-0.05, 0) is 38.3 Å². The van der Waals surface area contributed by atoms with Crippen molar-refractivity contribution >= 4 is 17.2 Å². The van der Waals surface area contributed by atoms with E-state index < -0.39 is 0 Å². The van der Waals surface area contributed by atoms with E-state index in [4.69, 9.17) is 0 Å². The van der Waals surface area contributed by atoms with Crippen LogP contribution in [0.2, 0.25) is 0 Å². The smallest absolute Gasteiger partial charge is 0.261 e. The van der Waals surface area contributed by atoms with Gasteiger partial charge in [-0.25, -0.2) is 0 Å². The molecule has 1 N–H and O–H groups in total. The Bertz CT molecular complexity index is 530. The number of thiophene rings is 1. The molecule has 0 aliphatic heterocycles. The lowest BCUT2D eigenvalue weighted by atomic mass is 10.3. The van der Waals surface area contributed by atoms with Crippen LogP contribution in [0, 0.1) is 13.8 Å². The Morgan fingerprint density at radius 1 is 1.56 bits per heavy atom. The van der Waals surface area contributed by atoms with Crippen molar-refractivity contribution in [2.45, 2.75) is 33.4 Å². The first-order valence-corrected chi connectivity index (χ1v) is 6.79. The lowest BCUT2D eigenvalue weighted by Gasteiger charge is -2.14. The molecule has 96 valence electrons. The van der Waals surface area contributed by atoms with Crippen LogP contribution in [0.15, 0.2) is 23.6 Å². The molecule has 0 radical (unpaired) electrons. The van der Waals surface area contributed by atoms with Gasteiger partial charge in [0.2, 0.25) is 0 Å². The minimum Gasteiger partial charge on any atom is -0.347 e. The van der Waals surface area contributed by atoms with Crippen LogP contribution in [-0.2, 0) is 6.54 Å². The van der Waals surface area contributed by atoms with Crippen molar-refractivity contribution < 1.29 is 4.79 Å². The SMILES string of the molecule is Cc1cc(C)n(CC(C)NC(=O)c2cccs2)n1. The van der Waals surface area contributed by atoms with Crippen molar-refractivity contribution in [3.8, 4) is 0 Å². The second-order valence-electron chi connectivity index (χ2n) is 4.46. The van der Waals surface area contributed by atoms with Crippen LogP contribution >= 0.6 is 11.3 Å². The van der Waals surface area contributed by atoms with Crippen LogP contribution in [0.3, 0.4) is 0 Å². The van der Waals surface area contributed by atoms with Crippen LogP contribution < -0.4 is 5.32 Å². The van der Waals surface area contributed by atoms with Crippen LogP contribution in [0.4, 0.5) is 0 Å². The third-order valence-corrected chi connectivity index (χ3v) is 3.54. The first-order valence-electron chi connectivity index (χ1n) is 5.91. The molecule has 0 aliphatic carbocycles. The summed E-state index contributed by atoms with van der Waals surface area (Å²) in [4.78, 5) is 12.6. The molecule has 1 atom stereocenters. The molecule has 0 bridgehead atoms. The van der Waals surface area contributed by atoms with Crippen molar-refractivity contribution in [1.29, 1.82) is 0 Å². The molecule has 0 spiro atoms. The number of nitrogens with one attached hydrogen (secondary N) is 1. The molecule has 0 fully saturated rings. The van der Waals surface area contributed by atoms with E-state index in [-0.39, 0.29) is 11.9 Å². The summed E-state index contributed by atoms with van der Waals surface area (Å²) in [7, 11) is 0. The maximum absolute atomic E-state index is 11.9. The van der Waals surface area contributed by atoms with E-state index in [1.165, 1.54) is 11.3 Å². The highest BCUT2D eigenvalue weighted by Crippen LogP contribution is 2.09. The fourth-order valence-corrected chi connectivity index (χ4v) is 2.49. The number of hydrogen-bond donors (Lipinski definition) is 1. The van der Waals surface area contributed by atoms with Gasteiger partial charge in [-0.2, -0.15) is 5.10 Å². The highest BCUT2D eigenvalue weighted by molar-refractivity contribution is 7.12. The molecule has 0 saturated heterocycles. The Hall–Kier alpha value is -1.62. The number of carbonyl (C=O) groups is 1. The molecule has 0 saturated carbocycles. The summed E-state index contributed by atoms with van der Waals surface area (Å²) in [5, 5.41) is 9.27. The molecule has 2 aromatic heterocycles. The highest BCUT2D eigenvalue weighted by Gasteiger charge is 2.12. The Morgan fingerprint density at radius 3 is 2.89 bits per heavy atom. The van der Waals surface area contributed by atoms with Crippen LogP contribution in [0.5, 0.6) is 0 Å². The number of aryl methyl sites for hydroxylation is 2. The molecule has 0 aromatic carbocycles. The maximum Gasteiger partial charge on any atom is 0.261 e. The van der Waals surface area contributed by atoms with Gasteiger partial charge in [0, 0.05) is 11.7 Å². The van der Waals surface area contributed by atoms with E-state index in [0.717, 1.165) is 16.3 Å². The fraction of sp³-hybridized carbons (Fsp3) is 0.385. The van der Waals surface area contributed by atoms with Gasteiger partial charge in [0.05, 0.1) is 17.1 Å².